The number of nitrogens with zero attached hydrogens (tertiary/aromatic N) is 3. The third-order valence-corrected chi connectivity index (χ3v) is 9.13. The molecule has 0 aliphatic carbocycles. The molecule has 0 bridgehead atoms. The Labute approximate surface area is 247 Å². The summed E-state index contributed by atoms with van der Waals surface area (Å²) < 4.78 is 26.4. The number of fused-ring (bicyclic) bond motifs is 1. The number of carbonyl (C=O) groups is 1. The lowest BCUT2D eigenvalue weighted by Crippen LogP contribution is -2.52. The summed E-state index contributed by atoms with van der Waals surface area (Å²) >= 11 is 4.67. The molecule has 4 heterocycles. The minimum atomic E-state index is -1.83. The summed E-state index contributed by atoms with van der Waals surface area (Å²) in [6.07, 6.45) is 3.47. The lowest BCUT2D eigenvalue weighted by molar-refractivity contribution is -0.146. The molecule has 0 amide bonds. The normalized spacial score (nSPS) is 15.3. The smallest absolute Gasteiger partial charge is 0.333 e. The van der Waals surface area contributed by atoms with Crippen LogP contribution in [0.1, 0.15) is 43.9 Å². The molecule has 11 nitrogen and oxygen atoms in total. The van der Waals surface area contributed by atoms with Crippen molar-refractivity contribution in [1.82, 2.24) is 14.1 Å². The molecule has 1 saturated heterocycles. The van der Waals surface area contributed by atoms with Crippen molar-refractivity contribution in [2.45, 2.75) is 57.9 Å². The molecule has 0 radical (unpaired) electrons. The first-order valence-corrected chi connectivity index (χ1v) is 14.6. The summed E-state index contributed by atoms with van der Waals surface area (Å²) in [6, 6.07) is 5.55. The number of halogens is 1. The van der Waals surface area contributed by atoms with Gasteiger partial charge in [0.1, 0.15) is 28.5 Å². The van der Waals surface area contributed by atoms with Crippen LogP contribution in [0.4, 0.5) is 0 Å². The zero-order chi connectivity index (χ0) is 29.5. The van der Waals surface area contributed by atoms with Crippen molar-refractivity contribution in [2.75, 3.05) is 20.3 Å². The summed E-state index contributed by atoms with van der Waals surface area (Å²) in [6.45, 7) is 5.50. The third-order valence-electron chi connectivity index (χ3n) is 7.34. The Morgan fingerprint density at radius 1 is 1.29 bits per heavy atom. The predicted molar refractivity (Wildman–Crippen MR) is 156 cm³/mol. The van der Waals surface area contributed by atoms with E-state index >= 15 is 0 Å². The van der Waals surface area contributed by atoms with E-state index in [2.05, 4.69) is 20.9 Å². The molecule has 0 spiro atoms. The van der Waals surface area contributed by atoms with E-state index in [1.54, 1.807) is 14.0 Å². The van der Waals surface area contributed by atoms with Gasteiger partial charge in [-0.15, -0.1) is 11.3 Å². The maximum absolute atomic E-state index is 14.1. The van der Waals surface area contributed by atoms with Crippen molar-refractivity contribution in [3.63, 3.8) is 0 Å². The quantitative estimate of drug-likeness (QED) is 0.274. The van der Waals surface area contributed by atoms with Crippen LogP contribution < -0.4 is 16.0 Å². The number of carboxylic acid groups (broad SMARTS) is 1. The highest BCUT2D eigenvalue weighted by atomic mass is 79.9. The second-order valence-electron chi connectivity index (χ2n) is 10.3. The number of rotatable bonds is 9. The van der Waals surface area contributed by atoms with Crippen molar-refractivity contribution in [3.8, 4) is 16.5 Å². The predicted octanol–water partition coefficient (Wildman–Crippen LogP) is 4.72. The highest BCUT2D eigenvalue weighted by molar-refractivity contribution is 9.10. The van der Waals surface area contributed by atoms with Gasteiger partial charge >= 0.3 is 11.7 Å². The van der Waals surface area contributed by atoms with Gasteiger partial charge in [0.05, 0.1) is 36.2 Å². The van der Waals surface area contributed by atoms with E-state index in [-0.39, 0.29) is 18.0 Å². The topological polar surface area (TPSA) is 135 Å². The number of aromatic nitrogens is 3. The van der Waals surface area contributed by atoms with E-state index < -0.39 is 28.9 Å². The van der Waals surface area contributed by atoms with Crippen LogP contribution in [0.15, 0.2) is 49.1 Å². The molecule has 1 aliphatic heterocycles. The van der Waals surface area contributed by atoms with Gasteiger partial charge in [-0.05, 0) is 51.3 Å². The number of methoxy groups -OCH3 is 1. The van der Waals surface area contributed by atoms with Crippen molar-refractivity contribution in [2.24, 2.45) is 0 Å². The molecule has 41 heavy (non-hydrogen) atoms. The lowest BCUT2D eigenvalue weighted by Gasteiger charge is -2.30. The van der Waals surface area contributed by atoms with Crippen LogP contribution in [0.3, 0.4) is 0 Å². The molecule has 3 aromatic heterocycles. The minimum Gasteiger partial charge on any atom is -0.496 e. The van der Waals surface area contributed by atoms with Gasteiger partial charge in [-0.25, -0.2) is 19.1 Å². The number of thiophene rings is 1. The van der Waals surface area contributed by atoms with Gasteiger partial charge in [-0.1, -0.05) is 22.0 Å². The van der Waals surface area contributed by atoms with Crippen LogP contribution in [0, 0.1) is 6.92 Å². The number of ether oxygens (including phenoxy) is 3. The molecular weight excluding hydrogens is 618 g/mol. The van der Waals surface area contributed by atoms with E-state index in [0.29, 0.717) is 58.5 Å². The Balaban J connectivity index is 1.76. The standard InChI is InChI=1S/C28H30BrN3O8S/c1-15-21-24(33)32(28(2,3)26(34)35)27(36)31(25(21)41-22(15)23-30-9-12-39-23)14-20(40-17-7-10-38-11-8-17)18-6-5-16(29)13-19(18)37-4/h5-6,9,12-13,17,20H,7-8,10-11,14H2,1-4H3,(H,34,35)/t20-/m1/s1. The van der Waals surface area contributed by atoms with Crippen molar-refractivity contribution >= 4 is 43.5 Å². The van der Waals surface area contributed by atoms with Gasteiger partial charge in [0.25, 0.3) is 5.56 Å². The molecule has 1 fully saturated rings. The second-order valence-corrected chi connectivity index (χ2v) is 12.2. The van der Waals surface area contributed by atoms with Crippen molar-refractivity contribution in [3.05, 3.63) is 67.1 Å². The average molecular weight is 649 g/mol. The molecule has 1 aromatic carbocycles. The first-order valence-electron chi connectivity index (χ1n) is 13.0. The zero-order valence-electron chi connectivity index (χ0n) is 23.0. The highest BCUT2D eigenvalue weighted by Crippen LogP contribution is 2.38. The Bertz CT molecular complexity index is 1700. The number of benzene rings is 1. The van der Waals surface area contributed by atoms with Gasteiger partial charge < -0.3 is 23.7 Å². The van der Waals surface area contributed by atoms with Crippen LogP contribution in [0.5, 0.6) is 5.75 Å². The molecule has 218 valence electrons. The molecule has 1 aliphatic rings. The number of hydrogen-bond acceptors (Lipinski definition) is 9. The van der Waals surface area contributed by atoms with E-state index in [0.717, 1.165) is 9.04 Å². The van der Waals surface area contributed by atoms with Crippen molar-refractivity contribution in [1.29, 1.82) is 0 Å². The fourth-order valence-corrected chi connectivity index (χ4v) is 6.59. The lowest BCUT2D eigenvalue weighted by atomic mass is 10.0. The fourth-order valence-electron chi connectivity index (χ4n) is 5.01. The molecule has 0 unspecified atom stereocenters. The maximum Gasteiger partial charge on any atom is 0.333 e. The average Bonchev–Trinajstić information content (AvgIpc) is 3.59. The van der Waals surface area contributed by atoms with Gasteiger partial charge in [-0.3, -0.25) is 9.36 Å². The van der Waals surface area contributed by atoms with Crippen LogP contribution >= 0.6 is 27.3 Å². The molecule has 5 rings (SSSR count). The van der Waals surface area contributed by atoms with E-state index in [9.17, 15) is 19.5 Å². The summed E-state index contributed by atoms with van der Waals surface area (Å²) in [7, 11) is 1.56. The number of oxazole rings is 1. The summed E-state index contributed by atoms with van der Waals surface area (Å²) in [4.78, 5) is 45.5. The Morgan fingerprint density at radius 2 is 2.02 bits per heavy atom. The number of aryl methyl sites for hydroxylation is 1. The molecular formula is C28H30BrN3O8S. The van der Waals surface area contributed by atoms with Crippen LogP contribution in [0.25, 0.3) is 21.0 Å². The second kappa shape index (κ2) is 11.6. The SMILES string of the molecule is COc1cc(Br)ccc1[C@@H](Cn1c(=O)n(C(C)(C)C(=O)O)c(=O)c2c(C)c(-c3ncco3)sc21)OC1CCOCC1. The first-order chi connectivity index (χ1) is 19.5. The van der Waals surface area contributed by atoms with Gasteiger partial charge in [0.2, 0.25) is 5.89 Å². The Morgan fingerprint density at radius 3 is 2.66 bits per heavy atom. The largest absolute Gasteiger partial charge is 0.496 e. The van der Waals surface area contributed by atoms with Gasteiger partial charge in [0.15, 0.2) is 0 Å². The van der Waals surface area contributed by atoms with Crippen LogP contribution in [0.2, 0.25) is 0 Å². The minimum absolute atomic E-state index is 0.00830. The number of aliphatic carboxylic acids is 1. The van der Waals surface area contributed by atoms with E-state index in [1.807, 2.05) is 18.2 Å². The van der Waals surface area contributed by atoms with Gasteiger partial charge in [0, 0.05) is 23.2 Å². The number of hydrogen-bond donors (Lipinski definition) is 1. The summed E-state index contributed by atoms with van der Waals surface area (Å²) in [5.74, 6) is -0.452. The molecule has 0 saturated carbocycles. The Kier molecular flexibility index (Phi) is 8.24. The van der Waals surface area contributed by atoms with Crippen LogP contribution in [-0.4, -0.2) is 51.6 Å². The maximum atomic E-state index is 14.1. The monoisotopic (exact) mass is 647 g/mol. The molecule has 13 heteroatoms. The third kappa shape index (κ3) is 5.39. The van der Waals surface area contributed by atoms with E-state index in [1.165, 1.54) is 42.2 Å². The van der Waals surface area contributed by atoms with Crippen molar-refractivity contribution < 1.29 is 28.5 Å². The molecule has 1 N–H and O–H groups in total. The zero-order valence-corrected chi connectivity index (χ0v) is 25.4. The molecule has 1 atom stereocenters. The molecule has 4 aromatic rings. The first kappa shape index (κ1) is 29.2. The summed E-state index contributed by atoms with van der Waals surface area (Å²) in [5, 5.41) is 10.2. The van der Waals surface area contributed by atoms with E-state index in [4.69, 9.17) is 18.6 Å². The fraction of sp³-hybridized carbons (Fsp3) is 0.429. The highest BCUT2D eigenvalue weighted by Gasteiger charge is 2.36. The van der Waals surface area contributed by atoms with Gasteiger partial charge in [-0.2, -0.15) is 0 Å². The summed E-state index contributed by atoms with van der Waals surface area (Å²) in [5.41, 5.74) is -2.02. The van der Waals surface area contributed by atoms with Crippen LogP contribution in [-0.2, 0) is 26.4 Å². The number of carboxylic acids is 1. The Hall–Kier alpha value is -3.26.